The topological polar surface area (TPSA) is 102 Å². The highest BCUT2D eigenvalue weighted by atomic mass is 16.5. The molecule has 0 aliphatic heterocycles. The van der Waals surface area contributed by atoms with Gasteiger partial charge >= 0.3 is 0 Å². The van der Waals surface area contributed by atoms with E-state index < -0.39 is 0 Å². The smallest absolute Gasteiger partial charge is 0.127 e. The molecular formula is C21H22N6O2. The Bertz CT molecular complexity index is 1280. The number of rotatable bonds is 5. The number of hydrogen-bond acceptors (Lipinski definition) is 6. The molecular weight excluding hydrogens is 368 g/mol. The van der Waals surface area contributed by atoms with Crippen LogP contribution in [0.15, 0.2) is 42.7 Å². The first kappa shape index (κ1) is 18.7. The number of nitrogens with one attached hydrogen (secondary N) is 1. The molecule has 0 saturated heterocycles. The zero-order chi connectivity index (χ0) is 20.7. The minimum Gasteiger partial charge on any atom is -0.512 e. The number of aliphatic hydroxyl groups is 1. The third-order valence-electron chi connectivity index (χ3n) is 4.88. The van der Waals surface area contributed by atoms with Crippen LogP contribution in [0, 0.1) is 5.41 Å². The Balaban J connectivity index is 1.96. The second kappa shape index (κ2) is 7.05. The van der Waals surface area contributed by atoms with Crippen molar-refractivity contribution in [3.8, 4) is 5.75 Å². The molecule has 1 aromatic carbocycles. The van der Waals surface area contributed by atoms with Gasteiger partial charge in [0, 0.05) is 52.6 Å². The summed E-state index contributed by atoms with van der Waals surface area (Å²) in [5, 5.41) is 28.7. The van der Waals surface area contributed by atoms with E-state index in [2.05, 4.69) is 15.2 Å². The van der Waals surface area contributed by atoms with Gasteiger partial charge in [0.2, 0.25) is 0 Å². The highest BCUT2D eigenvalue weighted by Crippen LogP contribution is 2.35. The van der Waals surface area contributed by atoms with Gasteiger partial charge in [-0.1, -0.05) is 0 Å². The van der Waals surface area contributed by atoms with Crippen LogP contribution in [0.2, 0.25) is 0 Å². The number of aromatic nitrogens is 5. The molecule has 0 aliphatic rings. The van der Waals surface area contributed by atoms with E-state index in [1.165, 1.54) is 0 Å². The molecule has 8 nitrogen and oxygen atoms in total. The van der Waals surface area contributed by atoms with E-state index in [1.807, 2.05) is 36.3 Å². The predicted molar refractivity (Wildman–Crippen MR) is 113 cm³/mol. The van der Waals surface area contributed by atoms with Gasteiger partial charge in [-0.3, -0.25) is 14.3 Å². The number of ether oxygens (including phenoxy) is 1. The maximum absolute atomic E-state index is 10.1. The maximum atomic E-state index is 10.1. The molecule has 0 aliphatic carbocycles. The summed E-state index contributed by atoms with van der Waals surface area (Å²) in [4.78, 5) is 4.57. The van der Waals surface area contributed by atoms with E-state index in [9.17, 15) is 5.11 Å². The van der Waals surface area contributed by atoms with E-state index >= 15 is 0 Å². The Labute approximate surface area is 167 Å². The van der Waals surface area contributed by atoms with Gasteiger partial charge in [-0.2, -0.15) is 10.2 Å². The number of pyridine rings is 1. The molecule has 2 N–H and O–H groups in total. The van der Waals surface area contributed by atoms with E-state index in [0.717, 1.165) is 27.4 Å². The molecule has 148 valence electrons. The van der Waals surface area contributed by atoms with Crippen molar-refractivity contribution in [1.29, 1.82) is 5.41 Å². The zero-order valence-electron chi connectivity index (χ0n) is 16.8. The number of allylic oxidation sites excluding steroid dienone is 2. The van der Waals surface area contributed by atoms with Crippen LogP contribution in [0.4, 0.5) is 0 Å². The molecule has 3 aromatic heterocycles. The van der Waals surface area contributed by atoms with Gasteiger partial charge < -0.3 is 15.3 Å². The van der Waals surface area contributed by atoms with E-state index in [-0.39, 0.29) is 11.5 Å². The second-order valence-electron chi connectivity index (χ2n) is 7.04. The van der Waals surface area contributed by atoms with Crippen molar-refractivity contribution in [2.24, 2.45) is 7.05 Å². The summed E-state index contributed by atoms with van der Waals surface area (Å²) in [5.41, 5.74) is 4.06. The Hall–Kier alpha value is -3.68. The first-order valence-electron chi connectivity index (χ1n) is 9.14. The van der Waals surface area contributed by atoms with Crippen LogP contribution in [0.5, 0.6) is 5.75 Å². The predicted octanol–water partition coefficient (Wildman–Crippen LogP) is 3.70. The van der Waals surface area contributed by atoms with Crippen LogP contribution >= 0.6 is 0 Å². The molecule has 0 spiro atoms. The highest BCUT2D eigenvalue weighted by Gasteiger charge is 2.18. The third kappa shape index (κ3) is 3.22. The van der Waals surface area contributed by atoms with Crippen molar-refractivity contribution in [3.63, 3.8) is 0 Å². The first-order chi connectivity index (χ1) is 13.9. The molecule has 0 unspecified atom stereocenters. The van der Waals surface area contributed by atoms with Gasteiger partial charge in [0.25, 0.3) is 0 Å². The molecule has 3 heterocycles. The SMILES string of the molecule is COc1cc2c(cc1/C(C(C)=N)=C(\C)O)ncc1cnn(Cc3cnn(C)c3)c12. The summed E-state index contributed by atoms with van der Waals surface area (Å²) in [6.45, 7) is 3.79. The molecule has 4 rings (SSSR count). The number of aryl methyl sites for hydroxylation is 1. The van der Waals surface area contributed by atoms with Crippen LogP contribution in [-0.2, 0) is 13.6 Å². The van der Waals surface area contributed by atoms with Gasteiger partial charge in [0.1, 0.15) is 5.75 Å². The summed E-state index contributed by atoms with van der Waals surface area (Å²) >= 11 is 0. The summed E-state index contributed by atoms with van der Waals surface area (Å²) in [5.74, 6) is 0.633. The van der Waals surface area contributed by atoms with E-state index in [0.29, 0.717) is 23.4 Å². The highest BCUT2D eigenvalue weighted by molar-refractivity contribution is 6.23. The fraction of sp³-hybridized carbons (Fsp3) is 0.238. The van der Waals surface area contributed by atoms with Crippen molar-refractivity contribution >= 4 is 33.1 Å². The normalized spacial score (nSPS) is 12.4. The maximum Gasteiger partial charge on any atom is 0.127 e. The number of methoxy groups -OCH3 is 1. The second-order valence-corrected chi connectivity index (χ2v) is 7.04. The van der Waals surface area contributed by atoms with Crippen molar-refractivity contribution in [2.45, 2.75) is 20.4 Å². The number of hydrogen-bond donors (Lipinski definition) is 2. The van der Waals surface area contributed by atoms with Crippen molar-refractivity contribution in [3.05, 3.63) is 53.8 Å². The quantitative estimate of drug-likeness (QED) is 0.400. The van der Waals surface area contributed by atoms with Crippen molar-refractivity contribution in [1.82, 2.24) is 24.5 Å². The summed E-state index contributed by atoms with van der Waals surface area (Å²) < 4.78 is 9.30. The molecule has 0 saturated carbocycles. The lowest BCUT2D eigenvalue weighted by molar-refractivity contribution is 0.409. The largest absolute Gasteiger partial charge is 0.512 e. The lowest BCUT2D eigenvalue weighted by Crippen LogP contribution is -2.03. The number of nitrogens with zero attached hydrogens (tertiary/aromatic N) is 5. The van der Waals surface area contributed by atoms with E-state index in [1.54, 1.807) is 38.0 Å². The van der Waals surface area contributed by atoms with Crippen LogP contribution < -0.4 is 4.74 Å². The average Bonchev–Trinajstić information content (AvgIpc) is 3.27. The average molecular weight is 390 g/mol. The number of benzene rings is 1. The lowest BCUT2D eigenvalue weighted by Gasteiger charge is -2.14. The molecule has 4 aromatic rings. The van der Waals surface area contributed by atoms with Crippen LogP contribution in [0.3, 0.4) is 0 Å². The molecule has 0 fully saturated rings. The van der Waals surface area contributed by atoms with Crippen molar-refractivity contribution in [2.75, 3.05) is 7.11 Å². The zero-order valence-corrected chi connectivity index (χ0v) is 16.8. The number of fused-ring (bicyclic) bond motifs is 3. The fourth-order valence-electron chi connectivity index (χ4n) is 3.67. The third-order valence-corrected chi connectivity index (χ3v) is 4.88. The molecule has 0 atom stereocenters. The fourth-order valence-corrected chi connectivity index (χ4v) is 3.67. The van der Waals surface area contributed by atoms with Gasteiger partial charge in [-0.15, -0.1) is 0 Å². The van der Waals surface area contributed by atoms with E-state index in [4.69, 9.17) is 10.1 Å². The van der Waals surface area contributed by atoms with Crippen LogP contribution in [0.1, 0.15) is 25.0 Å². The Morgan fingerprint density at radius 2 is 1.97 bits per heavy atom. The minimum absolute atomic E-state index is 0.0675. The Morgan fingerprint density at radius 1 is 1.17 bits per heavy atom. The monoisotopic (exact) mass is 390 g/mol. The summed E-state index contributed by atoms with van der Waals surface area (Å²) in [6.07, 6.45) is 7.36. The van der Waals surface area contributed by atoms with Gasteiger partial charge in [0.05, 0.1) is 42.8 Å². The molecule has 0 bridgehead atoms. The Morgan fingerprint density at radius 3 is 2.59 bits per heavy atom. The van der Waals surface area contributed by atoms with Gasteiger partial charge in [-0.05, 0) is 26.0 Å². The summed E-state index contributed by atoms with van der Waals surface area (Å²) in [6, 6.07) is 3.75. The summed E-state index contributed by atoms with van der Waals surface area (Å²) in [7, 11) is 3.46. The van der Waals surface area contributed by atoms with Gasteiger partial charge in [-0.25, -0.2) is 0 Å². The van der Waals surface area contributed by atoms with Crippen LogP contribution in [0.25, 0.3) is 27.4 Å². The Kier molecular flexibility index (Phi) is 4.54. The molecule has 0 radical (unpaired) electrons. The minimum atomic E-state index is 0.0675. The van der Waals surface area contributed by atoms with Crippen molar-refractivity contribution < 1.29 is 9.84 Å². The molecule has 29 heavy (non-hydrogen) atoms. The molecule has 8 heteroatoms. The first-order valence-corrected chi connectivity index (χ1v) is 9.14. The number of aliphatic hydroxyl groups excluding tert-OH is 1. The standard InChI is InChI=1S/C21H22N6O2/c1-12(22)20(13(2)28)17-5-18-16(6-19(17)29-4)21-15(8-23-18)9-25-27(21)11-14-7-24-26(3)10-14/h5-10,22,28H,11H2,1-4H3/b20-13+,22-12?. The molecule has 0 amide bonds. The van der Waals surface area contributed by atoms with Gasteiger partial charge in [0.15, 0.2) is 0 Å². The van der Waals surface area contributed by atoms with Crippen LogP contribution in [-0.4, -0.2) is 42.5 Å². The lowest BCUT2D eigenvalue weighted by atomic mass is 9.97.